The molecule has 1 aliphatic heterocycles. The van der Waals surface area contributed by atoms with Crippen molar-refractivity contribution in [3.05, 3.63) is 94.1 Å². The highest BCUT2D eigenvalue weighted by atomic mass is 32.1. The molecule has 1 atom stereocenters. The summed E-state index contributed by atoms with van der Waals surface area (Å²) in [6.45, 7) is 5.33. The Bertz CT molecular complexity index is 1300. The molecule has 1 N–H and O–H groups in total. The van der Waals surface area contributed by atoms with E-state index in [1.807, 2.05) is 55.5 Å². The van der Waals surface area contributed by atoms with Crippen molar-refractivity contribution in [2.75, 3.05) is 6.61 Å². The number of nitrogens with zero attached hydrogens (tertiary/aromatic N) is 3. The molecule has 0 saturated heterocycles. The van der Waals surface area contributed by atoms with Gasteiger partial charge in [0.2, 0.25) is 5.82 Å². The molecule has 4 aromatic rings. The Morgan fingerprint density at radius 1 is 1.09 bits per heavy atom. The van der Waals surface area contributed by atoms with Crippen LogP contribution in [0.1, 0.15) is 36.2 Å². The molecule has 6 nitrogen and oxygen atoms in total. The van der Waals surface area contributed by atoms with Gasteiger partial charge in [0, 0.05) is 16.1 Å². The first-order valence-electron chi connectivity index (χ1n) is 11.1. The molecule has 1 aliphatic rings. The summed E-state index contributed by atoms with van der Waals surface area (Å²) < 4.78 is 11.4. The Labute approximate surface area is 207 Å². The highest BCUT2D eigenvalue weighted by Crippen LogP contribution is 2.38. The number of thiocarbonyl (C=S) groups is 1. The molecule has 34 heavy (non-hydrogen) atoms. The smallest absolute Gasteiger partial charge is 0.258 e. The van der Waals surface area contributed by atoms with Gasteiger partial charge in [0.25, 0.3) is 5.89 Å². The van der Waals surface area contributed by atoms with E-state index in [1.54, 1.807) is 11.3 Å². The summed E-state index contributed by atoms with van der Waals surface area (Å²) in [5.41, 5.74) is 3.85. The van der Waals surface area contributed by atoms with Crippen LogP contribution in [0.5, 0.6) is 5.75 Å². The van der Waals surface area contributed by atoms with E-state index < -0.39 is 0 Å². The van der Waals surface area contributed by atoms with E-state index in [4.69, 9.17) is 26.5 Å². The molecule has 8 heteroatoms. The molecule has 0 bridgehead atoms. The highest BCUT2D eigenvalue weighted by Gasteiger charge is 2.34. The second-order valence-corrected chi connectivity index (χ2v) is 9.26. The van der Waals surface area contributed by atoms with E-state index in [2.05, 4.69) is 45.9 Å². The van der Waals surface area contributed by atoms with Crippen LogP contribution in [0.4, 0.5) is 0 Å². The minimum atomic E-state index is -0.193. The average molecular weight is 489 g/mol. The summed E-state index contributed by atoms with van der Waals surface area (Å²) in [4.78, 5) is 8.10. The lowest BCUT2D eigenvalue weighted by molar-refractivity contribution is 0.340. The van der Waals surface area contributed by atoms with E-state index in [9.17, 15) is 0 Å². The van der Waals surface area contributed by atoms with Gasteiger partial charge in [0.05, 0.1) is 24.8 Å². The van der Waals surface area contributed by atoms with E-state index in [1.165, 1.54) is 4.88 Å². The summed E-state index contributed by atoms with van der Waals surface area (Å²) in [5.74, 6) is 1.82. The largest absolute Gasteiger partial charge is 0.494 e. The second-order valence-electron chi connectivity index (χ2n) is 7.84. The Morgan fingerprint density at radius 2 is 1.88 bits per heavy atom. The Morgan fingerprint density at radius 3 is 2.59 bits per heavy atom. The van der Waals surface area contributed by atoms with Crippen molar-refractivity contribution in [3.63, 3.8) is 0 Å². The third-order valence-electron chi connectivity index (χ3n) is 5.70. The zero-order valence-electron chi connectivity index (χ0n) is 18.9. The van der Waals surface area contributed by atoms with Gasteiger partial charge >= 0.3 is 0 Å². The number of nitrogens with one attached hydrogen (secondary N) is 1. The van der Waals surface area contributed by atoms with Crippen molar-refractivity contribution in [3.8, 4) is 17.1 Å². The molecule has 5 rings (SSSR count). The minimum Gasteiger partial charge on any atom is -0.494 e. The van der Waals surface area contributed by atoms with E-state index in [0.29, 0.717) is 30.0 Å². The van der Waals surface area contributed by atoms with Crippen LogP contribution in [0.25, 0.3) is 17.0 Å². The fraction of sp³-hybridized carbons (Fsp3) is 0.192. The van der Waals surface area contributed by atoms with Gasteiger partial charge in [-0.1, -0.05) is 41.6 Å². The monoisotopic (exact) mass is 488 g/mol. The molecule has 0 amide bonds. The lowest BCUT2D eigenvalue weighted by Crippen LogP contribution is -2.45. The third kappa shape index (κ3) is 4.47. The van der Waals surface area contributed by atoms with Gasteiger partial charge in [-0.2, -0.15) is 4.98 Å². The first-order chi connectivity index (χ1) is 16.6. The number of benzene rings is 2. The molecule has 3 heterocycles. The first-order valence-corrected chi connectivity index (χ1v) is 12.4. The topological polar surface area (TPSA) is 63.4 Å². The maximum absolute atomic E-state index is 5.82. The SMILES string of the molecule is CCOc1ccc(-c2noc(C3=C(C)N(Cc4cccs4)C(=S)NC3c3ccccc3)n2)cc1. The Kier molecular flexibility index (Phi) is 6.42. The maximum atomic E-state index is 5.82. The van der Waals surface area contributed by atoms with Crippen molar-refractivity contribution in [1.82, 2.24) is 20.4 Å². The molecule has 0 spiro atoms. The predicted octanol–water partition coefficient (Wildman–Crippen LogP) is 6.06. The zero-order valence-corrected chi connectivity index (χ0v) is 20.5. The molecular weight excluding hydrogens is 464 g/mol. The summed E-state index contributed by atoms with van der Waals surface area (Å²) >= 11 is 7.49. The second kappa shape index (κ2) is 9.79. The molecule has 2 aromatic heterocycles. The van der Waals surface area contributed by atoms with Crippen LogP contribution < -0.4 is 10.1 Å². The standard InChI is InChI=1S/C26H24N4O2S2/c1-3-31-20-13-11-19(12-14-20)24-28-25(32-29-24)22-17(2)30(16-21-10-7-15-34-21)26(33)27-23(22)18-8-5-4-6-9-18/h4-15,23H,3,16H2,1-2H3,(H,27,33). The fourth-order valence-corrected chi connectivity index (χ4v) is 5.03. The molecular formula is C26H24N4O2S2. The molecule has 0 aliphatic carbocycles. The quantitative estimate of drug-likeness (QED) is 0.317. The number of allylic oxidation sites excluding steroid dienone is 1. The molecule has 0 radical (unpaired) electrons. The first kappa shape index (κ1) is 22.3. The van der Waals surface area contributed by atoms with Crippen molar-refractivity contribution in [2.45, 2.75) is 26.4 Å². The van der Waals surface area contributed by atoms with Crippen LogP contribution in [0.2, 0.25) is 0 Å². The van der Waals surface area contributed by atoms with Crippen molar-refractivity contribution < 1.29 is 9.26 Å². The number of aromatic nitrogens is 2. The molecule has 2 aromatic carbocycles. The molecule has 172 valence electrons. The number of thiophene rings is 1. The number of ether oxygens (including phenoxy) is 1. The van der Waals surface area contributed by atoms with Crippen LogP contribution in [0.15, 0.2) is 82.3 Å². The highest BCUT2D eigenvalue weighted by molar-refractivity contribution is 7.80. The lowest BCUT2D eigenvalue weighted by Gasteiger charge is -2.37. The zero-order chi connectivity index (χ0) is 23.5. The van der Waals surface area contributed by atoms with Crippen molar-refractivity contribution >= 4 is 34.2 Å². The van der Waals surface area contributed by atoms with Crippen LogP contribution in [-0.4, -0.2) is 26.8 Å². The van der Waals surface area contributed by atoms with Gasteiger partial charge in [0.15, 0.2) is 5.11 Å². The Balaban J connectivity index is 1.55. The number of rotatable bonds is 7. The van der Waals surface area contributed by atoms with Gasteiger partial charge in [-0.05, 0) is 67.3 Å². The van der Waals surface area contributed by atoms with Crippen LogP contribution in [0.3, 0.4) is 0 Å². The Hall–Kier alpha value is -3.49. The third-order valence-corrected chi connectivity index (χ3v) is 6.90. The molecule has 0 saturated carbocycles. The van der Waals surface area contributed by atoms with Crippen LogP contribution in [0, 0.1) is 0 Å². The van der Waals surface area contributed by atoms with E-state index in [0.717, 1.165) is 28.1 Å². The molecule has 1 unspecified atom stereocenters. The summed E-state index contributed by atoms with van der Waals surface area (Å²) in [7, 11) is 0. The lowest BCUT2D eigenvalue weighted by atomic mass is 9.95. The van der Waals surface area contributed by atoms with Gasteiger partial charge < -0.3 is 19.5 Å². The summed E-state index contributed by atoms with van der Waals surface area (Å²) in [5, 5.41) is 10.5. The van der Waals surface area contributed by atoms with Gasteiger partial charge in [-0.15, -0.1) is 11.3 Å². The normalized spacial score (nSPS) is 16.0. The number of hydrogen-bond donors (Lipinski definition) is 1. The van der Waals surface area contributed by atoms with E-state index >= 15 is 0 Å². The van der Waals surface area contributed by atoms with Gasteiger partial charge in [-0.25, -0.2) is 0 Å². The van der Waals surface area contributed by atoms with Gasteiger partial charge in [-0.3, -0.25) is 0 Å². The molecule has 0 fully saturated rings. The maximum Gasteiger partial charge on any atom is 0.258 e. The van der Waals surface area contributed by atoms with Crippen LogP contribution >= 0.6 is 23.6 Å². The minimum absolute atomic E-state index is 0.193. The van der Waals surface area contributed by atoms with Crippen molar-refractivity contribution in [2.24, 2.45) is 0 Å². The van der Waals surface area contributed by atoms with Gasteiger partial charge in [0.1, 0.15) is 5.75 Å². The predicted molar refractivity (Wildman–Crippen MR) is 138 cm³/mol. The average Bonchev–Trinajstić information content (AvgIpc) is 3.55. The summed E-state index contributed by atoms with van der Waals surface area (Å²) in [6, 6.07) is 21.9. The van der Waals surface area contributed by atoms with Crippen LogP contribution in [-0.2, 0) is 6.54 Å². The van der Waals surface area contributed by atoms with Crippen molar-refractivity contribution in [1.29, 1.82) is 0 Å². The summed E-state index contributed by atoms with van der Waals surface area (Å²) in [6.07, 6.45) is 0. The number of hydrogen-bond acceptors (Lipinski definition) is 6. The van der Waals surface area contributed by atoms with E-state index in [-0.39, 0.29) is 6.04 Å². The fourth-order valence-electron chi connectivity index (χ4n) is 4.02.